The van der Waals surface area contributed by atoms with E-state index in [1.54, 1.807) is 4.31 Å². The van der Waals surface area contributed by atoms with Gasteiger partial charge in [-0.25, -0.2) is 12.7 Å². The average molecular weight is 282 g/mol. The molecule has 0 fully saturated rings. The van der Waals surface area contributed by atoms with Crippen molar-refractivity contribution >= 4 is 18.1 Å². The number of nitrogens with zero attached hydrogens (tertiary/aromatic N) is 2. The number of sulfonamides is 1. The van der Waals surface area contributed by atoms with Crippen LogP contribution in [0.3, 0.4) is 0 Å². The normalized spacial score (nSPS) is 13.6. The molecule has 0 unspecified atom stereocenters. The predicted octanol–water partition coefficient (Wildman–Crippen LogP) is 0.0495. The van der Waals surface area contributed by atoms with Gasteiger partial charge in [-0.3, -0.25) is 0 Å². The monoisotopic (exact) mass is 282 g/mol. The summed E-state index contributed by atoms with van der Waals surface area (Å²) in [7, 11) is -2.69. The zero-order valence-corrected chi connectivity index (χ0v) is 13.4. The third kappa shape index (κ3) is 8.73. The van der Waals surface area contributed by atoms with Crippen LogP contribution < -0.4 is 0 Å². The molecule has 0 saturated carbocycles. The van der Waals surface area contributed by atoms with Gasteiger partial charge in [0.25, 0.3) is 0 Å². The van der Waals surface area contributed by atoms with Crippen LogP contribution in [-0.2, 0) is 10.0 Å². The van der Waals surface area contributed by atoms with E-state index in [2.05, 4.69) is 19.6 Å². The Balaban J connectivity index is 4.43. The van der Waals surface area contributed by atoms with Gasteiger partial charge in [0.05, 0.1) is 20.9 Å². The standard InChI is InChI=1S/C10H26N2O3SSi/c1-11(8-9-13)6-7-12(16(2,14)15)10-17(3,4)5/h13H,6-10H2,1-5H3. The van der Waals surface area contributed by atoms with Crippen LogP contribution in [-0.4, -0.2) is 76.5 Å². The summed E-state index contributed by atoms with van der Waals surface area (Å²) in [6, 6.07) is 0. The van der Waals surface area contributed by atoms with Gasteiger partial charge in [0, 0.05) is 25.8 Å². The van der Waals surface area contributed by atoms with Gasteiger partial charge in [0.15, 0.2) is 0 Å². The zero-order chi connectivity index (χ0) is 13.7. The van der Waals surface area contributed by atoms with Gasteiger partial charge in [-0.2, -0.15) is 0 Å². The number of rotatable bonds is 8. The Kier molecular flexibility index (Phi) is 6.86. The van der Waals surface area contributed by atoms with Gasteiger partial charge in [-0.05, 0) is 7.05 Å². The van der Waals surface area contributed by atoms with Crippen molar-refractivity contribution in [3.63, 3.8) is 0 Å². The van der Waals surface area contributed by atoms with Crippen LogP contribution in [0.1, 0.15) is 0 Å². The van der Waals surface area contributed by atoms with Crippen molar-refractivity contribution in [3.05, 3.63) is 0 Å². The number of hydrogen-bond donors (Lipinski definition) is 1. The summed E-state index contributed by atoms with van der Waals surface area (Å²) in [4.78, 5) is 1.93. The van der Waals surface area contributed by atoms with Crippen LogP contribution in [0.25, 0.3) is 0 Å². The topological polar surface area (TPSA) is 60.9 Å². The molecule has 0 amide bonds. The third-order valence-corrected chi connectivity index (χ3v) is 5.14. The molecule has 0 spiro atoms. The highest BCUT2D eigenvalue weighted by Crippen LogP contribution is 2.08. The van der Waals surface area contributed by atoms with Gasteiger partial charge in [0.2, 0.25) is 10.0 Å². The van der Waals surface area contributed by atoms with Crippen molar-refractivity contribution < 1.29 is 13.5 Å². The molecule has 5 nitrogen and oxygen atoms in total. The smallest absolute Gasteiger partial charge is 0.210 e. The van der Waals surface area contributed by atoms with E-state index in [1.165, 1.54) is 6.26 Å². The summed E-state index contributed by atoms with van der Waals surface area (Å²) >= 11 is 0. The predicted molar refractivity (Wildman–Crippen MR) is 74.3 cm³/mol. The molecule has 17 heavy (non-hydrogen) atoms. The number of hydrogen-bond acceptors (Lipinski definition) is 4. The Labute approximate surface area is 106 Å². The Hall–Kier alpha value is 0.0469. The lowest BCUT2D eigenvalue weighted by Gasteiger charge is -2.28. The largest absolute Gasteiger partial charge is 0.395 e. The molecule has 0 aliphatic carbocycles. The van der Waals surface area contributed by atoms with E-state index in [9.17, 15) is 8.42 Å². The molecule has 0 aromatic carbocycles. The zero-order valence-electron chi connectivity index (χ0n) is 11.6. The van der Waals surface area contributed by atoms with E-state index in [-0.39, 0.29) is 6.61 Å². The molecule has 0 saturated heterocycles. The Bertz CT molecular complexity index is 314. The van der Waals surface area contributed by atoms with E-state index in [1.807, 2.05) is 11.9 Å². The van der Waals surface area contributed by atoms with E-state index in [0.29, 0.717) is 25.8 Å². The summed E-state index contributed by atoms with van der Waals surface area (Å²) in [5.74, 6) is 0. The van der Waals surface area contributed by atoms with Crippen molar-refractivity contribution in [2.24, 2.45) is 0 Å². The van der Waals surface area contributed by atoms with Crippen LogP contribution in [0.4, 0.5) is 0 Å². The van der Waals surface area contributed by atoms with E-state index in [0.717, 1.165) is 0 Å². The first-order valence-electron chi connectivity index (χ1n) is 5.81. The minimum Gasteiger partial charge on any atom is -0.395 e. The lowest BCUT2D eigenvalue weighted by molar-refractivity contribution is 0.215. The summed E-state index contributed by atoms with van der Waals surface area (Å²) in [5.41, 5.74) is 0. The number of likely N-dealkylation sites (N-methyl/N-ethyl adjacent to an activating group) is 1. The van der Waals surface area contributed by atoms with E-state index < -0.39 is 18.1 Å². The average Bonchev–Trinajstić information content (AvgIpc) is 2.09. The van der Waals surface area contributed by atoms with Gasteiger partial charge in [-0.1, -0.05) is 19.6 Å². The van der Waals surface area contributed by atoms with Gasteiger partial charge >= 0.3 is 0 Å². The van der Waals surface area contributed by atoms with Crippen molar-refractivity contribution in [1.29, 1.82) is 0 Å². The fourth-order valence-electron chi connectivity index (χ4n) is 1.46. The Morgan fingerprint density at radius 2 is 1.65 bits per heavy atom. The van der Waals surface area contributed by atoms with Crippen LogP contribution in [0.2, 0.25) is 19.6 Å². The van der Waals surface area contributed by atoms with Gasteiger partial charge in [-0.15, -0.1) is 0 Å². The first-order valence-corrected chi connectivity index (χ1v) is 11.4. The van der Waals surface area contributed by atoms with Crippen LogP contribution >= 0.6 is 0 Å². The fraction of sp³-hybridized carbons (Fsp3) is 1.00. The molecule has 0 aliphatic rings. The molecule has 0 atom stereocenters. The molecule has 0 radical (unpaired) electrons. The second-order valence-corrected chi connectivity index (χ2v) is 13.1. The summed E-state index contributed by atoms with van der Waals surface area (Å²) in [5, 5.41) is 8.78. The summed E-state index contributed by atoms with van der Waals surface area (Å²) < 4.78 is 24.9. The van der Waals surface area contributed by atoms with Gasteiger partial charge in [0.1, 0.15) is 0 Å². The molecule has 104 valence electrons. The first-order chi connectivity index (χ1) is 7.56. The highest BCUT2D eigenvalue weighted by Gasteiger charge is 2.24. The van der Waals surface area contributed by atoms with E-state index >= 15 is 0 Å². The molecule has 0 bridgehead atoms. The summed E-state index contributed by atoms with van der Waals surface area (Å²) in [6.07, 6.45) is 1.91. The van der Waals surface area contributed by atoms with Crippen molar-refractivity contribution in [2.75, 3.05) is 45.7 Å². The lowest BCUT2D eigenvalue weighted by Crippen LogP contribution is -2.46. The minimum atomic E-state index is -3.13. The first kappa shape index (κ1) is 17.0. The third-order valence-electron chi connectivity index (χ3n) is 2.33. The van der Waals surface area contributed by atoms with Crippen molar-refractivity contribution in [3.8, 4) is 0 Å². The molecule has 0 rings (SSSR count). The van der Waals surface area contributed by atoms with Gasteiger partial charge < -0.3 is 10.0 Å². The maximum Gasteiger partial charge on any atom is 0.210 e. The van der Waals surface area contributed by atoms with Crippen molar-refractivity contribution in [2.45, 2.75) is 19.6 Å². The molecule has 0 aromatic rings. The van der Waals surface area contributed by atoms with Crippen LogP contribution in [0.5, 0.6) is 0 Å². The molecule has 7 heteroatoms. The van der Waals surface area contributed by atoms with E-state index in [4.69, 9.17) is 5.11 Å². The molecule has 0 aromatic heterocycles. The second kappa shape index (κ2) is 6.84. The summed E-state index contributed by atoms with van der Waals surface area (Å²) in [6.45, 7) is 8.29. The molecule has 0 aliphatic heterocycles. The Morgan fingerprint density at radius 1 is 1.12 bits per heavy atom. The van der Waals surface area contributed by atoms with Crippen molar-refractivity contribution in [1.82, 2.24) is 9.21 Å². The lowest BCUT2D eigenvalue weighted by atomic mass is 10.5. The van der Waals surface area contributed by atoms with Crippen LogP contribution in [0, 0.1) is 0 Å². The van der Waals surface area contributed by atoms with Crippen LogP contribution in [0.15, 0.2) is 0 Å². The Morgan fingerprint density at radius 3 is 2.00 bits per heavy atom. The highest BCUT2D eigenvalue weighted by atomic mass is 32.2. The number of aliphatic hydroxyl groups is 1. The molecule has 1 N–H and O–H groups in total. The highest BCUT2D eigenvalue weighted by molar-refractivity contribution is 7.88. The molecule has 0 heterocycles. The fourth-order valence-corrected chi connectivity index (χ4v) is 5.19. The number of aliphatic hydroxyl groups excluding tert-OH is 1. The maximum atomic E-state index is 11.7. The quantitative estimate of drug-likeness (QED) is 0.639. The maximum absolute atomic E-state index is 11.7. The minimum absolute atomic E-state index is 0.101. The molecular formula is C10H26N2O3SSi. The molecular weight excluding hydrogens is 256 g/mol. The second-order valence-electron chi connectivity index (χ2n) is 5.68. The SMILES string of the molecule is CN(CCO)CCN(C[Si](C)(C)C)S(C)(=O)=O.